The summed E-state index contributed by atoms with van der Waals surface area (Å²) in [6, 6.07) is 0. The van der Waals surface area contributed by atoms with Gasteiger partial charge in [-0.05, 0) is 13.8 Å². The Kier molecular flexibility index (Phi) is 5.56. The summed E-state index contributed by atoms with van der Waals surface area (Å²) in [5.41, 5.74) is 0.766. The number of H-pyrrole nitrogens is 1. The molecule has 10 nitrogen and oxygen atoms in total. The number of hydrogen-bond acceptors (Lipinski definition) is 9. The van der Waals surface area contributed by atoms with E-state index < -0.39 is 11.2 Å². The highest BCUT2D eigenvalue weighted by atomic mass is 32.2. The van der Waals surface area contributed by atoms with E-state index in [0.717, 1.165) is 22.0 Å². The van der Waals surface area contributed by atoms with Gasteiger partial charge < -0.3 is 14.7 Å². The van der Waals surface area contributed by atoms with Crippen LogP contribution in [0.3, 0.4) is 0 Å². The number of carbonyl (C=O) groups excluding carboxylic acids is 1. The van der Waals surface area contributed by atoms with Crippen LogP contribution in [-0.2, 0) is 18.3 Å². The number of rotatable bonds is 6. The quantitative estimate of drug-likeness (QED) is 0.573. The summed E-state index contributed by atoms with van der Waals surface area (Å²) in [5.74, 6) is 0.0693. The van der Waals surface area contributed by atoms with Crippen LogP contribution in [0.5, 0.6) is 0 Å². The SMILES string of the molecule is Cc1csc(NC(=O)CSc2nnc(Cc3c(C)[nH]c(=O)n(C)c3=O)o2)n1. The van der Waals surface area contributed by atoms with Crippen LogP contribution in [-0.4, -0.2) is 36.4 Å². The van der Waals surface area contributed by atoms with Crippen LogP contribution in [0.2, 0.25) is 0 Å². The molecule has 0 unspecified atom stereocenters. The molecule has 3 aromatic heterocycles. The third kappa shape index (κ3) is 4.52. The van der Waals surface area contributed by atoms with E-state index in [0.29, 0.717) is 16.4 Å². The number of anilines is 1. The van der Waals surface area contributed by atoms with E-state index >= 15 is 0 Å². The molecule has 1 amide bonds. The molecule has 0 spiro atoms. The van der Waals surface area contributed by atoms with Gasteiger partial charge in [0, 0.05) is 23.7 Å². The first-order valence-corrected chi connectivity index (χ1v) is 9.66. The van der Waals surface area contributed by atoms with E-state index in [4.69, 9.17) is 4.42 Å². The van der Waals surface area contributed by atoms with Crippen molar-refractivity contribution in [1.82, 2.24) is 24.7 Å². The van der Waals surface area contributed by atoms with Crippen molar-refractivity contribution >= 4 is 34.1 Å². The fraction of sp³-hybridized carbons (Fsp3) is 0.333. The normalized spacial score (nSPS) is 10.9. The number of thiazole rings is 1. The van der Waals surface area contributed by atoms with Crippen molar-refractivity contribution in [3.63, 3.8) is 0 Å². The predicted octanol–water partition coefficient (Wildman–Crippen LogP) is 0.852. The van der Waals surface area contributed by atoms with Gasteiger partial charge in [-0.2, -0.15) is 0 Å². The lowest BCUT2D eigenvalue weighted by Crippen LogP contribution is -2.36. The van der Waals surface area contributed by atoms with Gasteiger partial charge in [-0.1, -0.05) is 11.8 Å². The van der Waals surface area contributed by atoms with Crippen molar-refractivity contribution in [3.8, 4) is 0 Å². The third-order valence-corrected chi connectivity index (χ3v) is 5.28. The maximum absolute atomic E-state index is 12.2. The number of hydrogen-bond donors (Lipinski definition) is 2. The zero-order valence-electron chi connectivity index (χ0n) is 14.7. The van der Waals surface area contributed by atoms with Crippen LogP contribution in [0, 0.1) is 13.8 Å². The number of nitrogens with zero attached hydrogens (tertiary/aromatic N) is 4. The maximum Gasteiger partial charge on any atom is 0.328 e. The van der Waals surface area contributed by atoms with Crippen molar-refractivity contribution in [3.05, 3.63) is 49.1 Å². The molecule has 0 saturated heterocycles. The second-order valence-corrected chi connectivity index (χ2v) is 7.45. The van der Waals surface area contributed by atoms with Gasteiger partial charge in [0.15, 0.2) is 5.13 Å². The summed E-state index contributed by atoms with van der Waals surface area (Å²) >= 11 is 2.43. The first-order chi connectivity index (χ1) is 12.8. The zero-order chi connectivity index (χ0) is 19.6. The molecule has 0 aliphatic rings. The standard InChI is InChI=1S/C15H16N6O4S2/c1-7-5-26-13(16-7)18-10(22)6-27-15-20-19-11(25-15)4-9-8(2)17-14(24)21(3)12(9)23/h5H,4,6H2,1-3H3,(H,17,24)(H,16,18,22). The number of aryl methyl sites for hydroxylation is 2. The molecule has 2 N–H and O–H groups in total. The Hall–Kier alpha value is -2.73. The molecule has 142 valence electrons. The average Bonchev–Trinajstić information content (AvgIpc) is 3.24. The molecule has 0 atom stereocenters. The zero-order valence-corrected chi connectivity index (χ0v) is 16.4. The van der Waals surface area contributed by atoms with Gasteiger partial charge in [0.2, 0.25) is 11.8 Å². The molecule has 0 saturated carbocycles. The van der Waals surface area contributed by atoms with Crippen LogP contribution in [0.25, 0.3) is 0 Å². The number of amides is 1. The Balaban J connectivity index is 1.62. The highest BCUT2D eigenvalue weighted by Gasteiger charge is 2.15. The summed E-state index contributed by atoms with van der Waals surface area (Å²) in [4.78, 5) is 42.4. The fourth-order valence-electron chi connectivity index (χ4n) is 2.20. The van der Waals surface area contributed by atoms with Crippen LogP contribution in [0.4, 0.5) is 5.13 Å². The Morgan fingerprint density at radius 1 is 1.37 bits per heavy atom. The molecule has 0 aliphatic heterocycles. The van der Waals surface area contributed by atoms with E-state index in [1.165, 1.54) is 18.4 Å². The van der Waals surface area contributed by atoms with Gasteiger partial charge in [0.05, 0.1) is 17.9 Å². The Bertz CT molecular complexity index is 1100. The molecule has 12 heteroatoms. The molecule has 0 bridgehead atoms. The third-order valence-electron chi connectivity index (χ3n) is 3.58. The van der Waals surface area contributed by atoms with E-state index in [1.807, 2.05) is 12.3 Å². The summed E-state index contributed by atoms with van der Waals surface area (Å²) < 4.78 is 6.47. The van der Waals surface area contributed by atoms with Gasteiger partial charge in [0.25, 0.3) is 10.8 Å². The Morgan fingerprint density at radius 3 is 2.85 bits per heavy atom. The Morgan fingerprint density at radius 2 is 2.15 bits per heavy atom. The highest BCUT2D eigenvalue weighted by molar-refractivity contribution is 7.99. The molecule has 3 aromatic rings. The Labute approximate surface area is 161 Å². The smallest absolute Gasteiger partial charge is 0.328 e. The van der Waals surface area contributed by atoms with E-state index in [-0.39, 0.29) is 29.2 Å². The van der Waals surface area contributed by atoms with Crippen molar-refractivity contribution in [2.75, 3.05) is 11.1 Å². The molecule has 27 heavy (non-hydrogen) atoms. The molecule has 0 aromatic carbocycles. The van der Waals surface area contributed by atoms with Gasteiger partial charge in [-0.15, -0.1) is 21.5 Å². The molecular weight excluding hydrogens is 392 g/mol. The first-order valence-electron chi connectivity index (χ1n) is 7.79. The van der Waals surface area contributed by atoms with Crippen LogP contribution < -0.4 is 16.6 Å². The minimum absolute atomic E-state index is 0.0830. The first kappa shape index (κ1) is 19.0. The number of aromatic amines is 1. The largest absolute Gasteiger partial charge is 0.416 e. The molecular formula is C15H16N6O4S2. The summed E-state index contributed by atoms with van der Waals surface area (Å²) in [7, 11) is 1.39. The summed E-state index contributed by atoms with van der Waals surface area (Å²) in [6.07, 6.45) is 0.0907. The van der Waals surface area contributed by atoms with E-state index in [2.05, 4.69) is 25.5 Å². The summed E-state index contributed by atoms with van der Waals surface area (Å²) in [5, 5.41) is 13.0. The van der Waals surface area contributed by atoms with Crippen LogP contribution >= 0.6 is 23.1 Å². The summed E-state index contributed by atoms with van der Waals surface area (Å²) in [6.45, 7) is 3.48. The molecule has 3 rings (SSSR count). The number of thioether (sulfide) groups is 1. The number of aromatic nitrogens is 5. The molecule has 0 radical (unpaired) electrons. The monoisotopic (exact) mass is 408 g/mol. The van der Waals surface area contributed by atoms with Crippen molar-refractivity contribution in [1.29, 1.82) is 0 Å². The van der Waals surface area contributed by atoms with E-state index in [1.54, 1.807) is 6.92 Å². The average molecular weight is 408 g/mol. The van der Waals surface area contributed by atoms with Crippen molar-refractivity contribution in [2.24, 2.45) is 7.05 Å². The molecule has 3 heterocycles. The lowest BCUT2D eigenvalue weighted by Gasteiger charge is -2.04. The topological polar surface area (TPSA) is 136 Å². The predicted molar refractivity (Wildman–Crippen MR) is 100 cm³/mol. The van der Waals surface area contributed by atoms with Crippen LogP contribution in [0.15, 0.2) is 24.6 Å². The minimum Gasteiger partial charge on any atom is -0.416 e. The van der Waals surface area contributed by atoms with Gasteiger partial charge >= 0.3 is 5.69 Å². The lowest BCUT2D eigenvalue weighted by molar-refractivity contribution is -0.113. The molecule has 0 aliphatic carbocycles. The highest BCUT2D eigenvalue weighted by Crippen LogP contribution is 2.19. The van der Waals surface area contributed by atoms with Crippen molar-refractivity contribution in [2.45, 2.75) is 25.5 Å². The van der Waals surface area contributed by atoms with Crippen LogP contribution in [0.1, 0.15) is 22.8 Å². The number of nitrogens with one attached hydrogen (secondary N) is 2. The van der Waals surface area contributed by atoms with E-state index in [9.17, 15) is 14.4 Å². The minimum atomic E-state index is -0.482. The lowest BCUT2D eigenvalue weighted by atomic mass is 10.2. The van der Waals surface area contributed by atoms with Gasteiger partial charge in [0.1, 0.15) is 0 Å². The second-order valence-electron chi connectivity index (χ2n) is 5.67. The van der Waals surface area contributed by atoms with Crippen molar-refractivity contribution < 1.29 is 9.21 Å². The molecule has 0 fully saturated rings. The maximum atomic E-state index is 12.2. The fourth-order valence-corrected chi connectivity index (χ4v) is 3.48. The van der Waals surface area contributed by atoms with Gasteiger partial charge in [-0.3, -0.25) is 14.2 Å². The second kappa shape index (κ2) is 7.88. The van der Waals surface area contributed by atoms with Gasteiger partial charge in [-0.25, -0.2) is 9.78 Å². The number of carbonyl (C=O) groups is 1.